The van der Waals surface area contributed by atoms with Gasteiger partial charge >= 0.3 is 0 Å². The first kappa shape index (κ1) is 25.0. The van der Waals surface area contributed by atoms with Crippen LogP contribution in [0, 0.1) is 5.92 Å². The van der Waals surface area contributed by atoms with E-state index in [0.717, 1.165) is 40.1 Å². The SMILES string of the molecule is COc1ccc2[nH]c(C(=O)N3CC(=O)N(Cc4ccccc4OCC4CC4)[C@@H](Cc4ccccc4)C3)cc2c1. The Morgan fingerprint density at radius 2 is 1.79 bits per heavy atom. The van der Waals surface area contributed by atoms with Gasteiger partial charge in [0.1, 0.15) is 23.7 Å². The number of rotatable bonds is 9. The van der Waals surface area contributed by atoms with Crippen molar-refractivity contribution in [2.75, 3.05) is 26.8 Å². The predicted molar refractivity (Wildman–Crippen MR) is 150 cm³/mol. The number of fused-ring (bicyclic) bond motifs is 1. The second-order valence-corrected chi connectivity index (χ2v) is 10.5. The molecule has 39 heavy (non-hydrogen) atoms. The first-order chi connectivity index (χ1) is 19.1. The van der Waals surface area contributed by atoms with Gasteiger partial charge in [-0.3, -0.25) is 9.59 Å². The van der Waals surface area contributed by atoms with Crippen molar-refractivity contribution in [2.45, 2.75) is 31.8 Å². The Morgan fingerprint density at radius 3 is 2.59 bits per heavy atom. The average molecular weight is 524 g/mol. The molecule has 2 heterocycles. The number of piperazine rings is 1. The molecule has 4 aromatic rings. The van der Waals surface area contributed by atoms with Crippen LogP contribution in [0.15, 0.2) is 78.9 Å². The largest absolute Gasteiger partial charge is 0.497 e. The summed E-state index contributed by atoms with van der Waals surface area (Å²) in [6.07, 6.45) is 3.10. The Bertz CT molecular complexity index is 1480. The number of benzene rings is 3. The van der Waals surface area contributed by atoms with Crippen molar-refractivity contribution in [2.24, 2.45) is 5.92 Å². The monoisotopic (exact) mass is 523 g/mol. The third-order valence-corrected chi connectivity index (χ3v) is 7.66. The Morgan fingerprint density at radius 1 is 1.00 bits per heavy atom. The van der Waals surface area contributed by atoms with Crippen LogP contribution in [0.2, 0.25) is 0 Å². The highest BCUT2D eigenvalue weighted by Gasteiger charge is 2.36. The van der Waals surface area contributed by atoms with Crippen molar-refractivity contribution in [1.29, 1.82) is 0 Å². The van der Waals surface area contributed by atoms with E-state index < -0.39 is 0 Å². The van der Waals surface area contributed by atoms with Crippen LogP contribution in [0.4, 0.5) is 0 Å². The van der Waals surface area contributed by atoms with Crippen LogP contribution in [-0.4, -0.2) is 59.4 Å². The number of amides is 2. The molecule has 6 rings (SSSR count). The lowest BCUT2D eigenvalue weighted by Gasteiger charge is -2.41. The van der Waals surface area contributed by atoms with Crippen molar-refractivity contribution < 1.29 is 19.1 Å². The minimum absolute atomic E-state index is 0.0356. The fraction of sp³-hybridized carbons (Fsp3) is 0.312. The van der Waals surface area contributed by atoms with E-state index in [1.165, 1.54) is 12.8 Å². The zero-order chi connectivity index (χ0) is 26.8. The fourth-order valence-corrected chi connectivity index (χ4v) is 5.28. The van der Waals surface area contributed by atoms with Crippen LogP contribution in [0.3, 0.4) is 0 Å². The standard InChI is InChI=1S/C32H33N3O4/c1-38-27-13-14-28-25(16-27)17-29(33-28)32(37)34-19-26(15-22-7-3-2-4-8-22)35(31(36)20-34)18-24-9-5-6-10-30(24)39-21-23-11-12-23/h2-10,13-14,16-17,23,26,33H,11-12,15,18-21H2,1H3/t26-/m0/s1. The fourth-order valence-electron chi connectivity index (χ4n) is 5.28. The number of carbonyl (C=O) groups excluding carboxylic acids is 2. The maximum absolute atomic E-state index is 13.7. The molecule has 1 aromatic heterocycles. The van der Waals surface area contributed by atoms with Gasteiger partial charge in [-0.2, -0.15) is 0 Å². The van der Waals surface area contributed by atoms with E-state index in [1.807, 2.05) is 71.6 Å². The van der Waals surface area contributed by atoms with E-state index in [2.05, 4.69) is 17.1 Å². The number of hydrogen-bond donors (Lipinski definition) is 1. The first-order valence-electron chi connectivity index (χ1n) is 13.6. The molecule has 1 atom stereocenters. The topological polar surface area (TPSA) is 74.9 Å². The maximum Gasteiger partial charge on any atom is 0.270 e. The number of ether oxygens (including phenoxy) is 2. The molecule has 2 aliphatic rings. The molecule has 1 aliphatic carbocycles. The van der Waals surface area contributed by atoms with Crippen molar-refractivity contribution in [3.05, 3.63) is 95.7 Å². The van der Waals surface area contributed by atoms with Crippen LogP contribution in [0.25, 0.3) is 10.9 Å². The van der Waals surface area contributed by atoms with Gasteiger partial charge in [0.2, 0.25) is 5.91 Å². The number of H-pyrrole nitrogens is 1. The number of carbonyl (C=O) groups is 2. The van der Waals surface area contributed by atoms with E-state index in [1.54, 1.807) is 12.0 Å². The number of nitrogens with zero attached hydrogens (tertiary/aromatic N) is 2. The minimum Gasteiger partial charge on any atom is -0.497 e. The molecule has 1 saturated carbocycles. The molecule has 1 saturated heterocycles. The normalized spacial score (nSPS) is 17.5. The summed E-state index contributed by atoms with van der Waals surface area (Å²) in [6, 6.07) is 25.4. The molecule has 0 spiro atoms. The van der Waals surface area contributed by atoms with Crippen LogP contribution in [-0.2, 0) is 17.8 Å². The molecule has 1 N–H and O–H groups in total. The highest BCUT2D eigenvalue weighted by Crippen LogP contribution is 2.31. The molecule has 1 aliphatic heterocycles. The van der Waals surface area contributed by atoms with Gasteiger partial charge in [0.15, 0.2) is 0 Å². The average Bonchev–Trinajstić information content (AvgIpc) is 3.70. The lowest BCUT2D eigenvalue weighted by Crippen LogP contribution is -2.58. The summed E-state index contributed by atoms with van der Waals surface area (Å²) in [5.74, 6) is 1.97. The van der Waals surface area contributed by atoms with Crippen molar-refractivity contribution in [3.8, 4) is 11.5 Å². The predicted octanol–water partition coefficient (Wildman–Crippen LogP) is 5.06. The van der Waals surface area contributed by atoms with E-state index in [9.17, 15) is 9.59 Å². The molecule has 0 unspecified atom stereocenters. The molecule has 7 heteroatoms. The summed E-state index contributed by atoms with van der Waals surface area (Å²) in [4.78, 5) is 34.1. The minimum atomic E-state index is -0.176. The Hall–Kier alpha value is -4.26. The van der Waals surface area contributed by atoms with Gasteiger partial charge in [0, 0.05) is 29.6 Å². The number of aromatic amines is 1. The molecule has 2 amide bonds. The van der Waals surface area contributed by atoms with Gasteiger partial charge in [0.05, 0.1) is 19.8 Å². The number of para-hydroxylation sites is 1. The molecule has 0 radical (unpaired) electrons. The van der Waals surface area contributed by atoms with Crippen LogP contribution in [0.1, 0.15) is 34.5 Å². The molecular weight excluding hydrogens is 490 g/mol. The highest BCUT2D eigenvalue weighted by atomic mass is 16.5. The van der Waals surface area contributed by atoms with E-state index >= 15 is 0 Å². The van der Waals surface area contributed by atoms with Gasteiger partial charge < -0.3 is 24.3 Å². The van der Waals surface area contributed by atoms with Crippen molar-refractivity contribution >= 4 is 22.7 Å². The van der Waals surface area contributed by atoms with Crippen LogP contribution >= 0.6 is 0 Å². The summed E-state index contributed by atoms with van der Waals surface area (Å²) in [6.45, 7) is 1.65. The molecular formula is C32H33N3O4. The van der Waals surface area contributed by atoms with Crippen molar-refractivity contribution in [3.63, 3.8) is 0 Å². The van der Waals surface area contributed by atoms with E-state index in [0.29, 0.717) is 31.1 Å². The molecule has 0 bridgehead atoms. The lowest BCUT2D eigenvalue weighted by molar-refractivity contribution is -0.139. The summed E-state index contributed by atoms with van der Waals surface area (Å²) >= 11 is 0. The smallest absolute Gasteiger partial charge is 0.270 e. The lowest BCUT2D eigenvalue weighted by atomic mass is 10.0. The molecule has 7 nitrogen and oxygen atoms in total. The van der Waals surface area contributed by atoms with Gasteiger partial charge in [-0.15, -0.1) is 0 Å². The number of nitrogens with one attached hydrogen (secondary N) is 1. The molecule has 200 valence electrons. The van der Waals surface area contributed by atoms with Gasteiger partial charge in [0.25, 0.3) is 5.91 Å². The van der Waals surface area contributed by atoms with Crippen LogP contribution in [0.5, 0.6) is 11.5 Å². The zero-order valence-corrected chi connectivity index (χ0v) is 22.1. The first-order valence-corrected chi connectivity index (χ1v) is 13.6. The van der Waals surface area contributed by atoms with E-state index in [4.69, 9.17) is 9.47 Å². The summed E-state index contributed by atoms with van der Waals surface area (Å²) in [5, 5.41) is 0.895. The third kappa shape index (κ3) is 5.62. The summed E-state index contributed by atoms with van der Waals surface area (Å²) in [5.41, 5.74) is 3.45. The van der Waals surface area contributed by atoms with Crippen molar-refractivity contribution in [1.82, 2.24) is 14.8 Å². The van der Waals surface area contributed by atoms with E-state index in [-0.39, 0.29) is 24.4 Å². The highest BCUT2D eigenvalue weighted by molar-refractivity contribution is 6.00. The number of hydrogen-bond acceptors (Lipinski definition) is 4. The second kappa shape index (κ2) is 10.8. The Kier molecular flexibility index (Phi) is 6.97. The number of aromatic nitrogens is 1. The Balaban J connectivity index is 1.25. The van der Waals surface area contributed by atoms with Gasteiger partial charge in [-0.25, -0.2) is 0 Å². The van der Waals surface area contributed by atoms with Gasteiger partial charge in [-0.1, -0.05) is 48.5 Å². The quantitative estimate of drug-likeness (QED) is 0.333. The maximum atomic E-state index is 13.7. The molecule has 2 fully saturated rings. The second-order valence-electron chi connectivity index (χ2n) is 10.5. The summed E-state index contributed by atoms with van der Waals surface area (Å²) in [7, 11) is 1.62. The number of methoxy groups -OCH3 is 1. The van der Waals surface area contributed by atoms with Crippen LogP contribution < -0.4 is 9.47 Å². The summed E-state index contributed by atoms with van der Waals surface area (Å²) < 4.78 is 11.5. The third-order valence-electron chi connectivity index (χ3n) is 7.66. The molecule has 3 aromatic carbocycles. The Labute approximate surface area is 228 Å². The van der Waals surface area contributed by atoms with Gasteiger partial charge in [-0.05, 0) is 61.1 Å². The zero-order valence-electron chi connectivity index (χ0n) is 22.1.